The van der Waals surface area contributed by atoms with Gasteiger partial charge in [0, 0.05) is 17.8 Å². The van der Waals surface area contributed by atoms with Crippen LogP contribution in [0.2, 0.25) is 0 Å². The van der Waals surface area contributed by atoms with Gasteiger partial charge in [-0.25, -0.2) is 8.78 Å². The van der Waals surface area contributed by atoms with E-state index < -0.39 is 17.5 Å². The predicted octanol–water partition coefficient (Wildman–Crippen LogP) is 2.79. The summed E-state index contributed by atoms with van der Waals surface area (Å²) in [7, 11) is 0. The van der Waals surface area contributed by atoms with Gasteiger partial charge in [0.2, 0.25) is 0 Å². The largest absolute Gasteiger partial charge is 0.401 e. The average Bonchev–Trinajstić information content (AvgIpc) is 3.34. The molecule has 1 amide bonds. The molecule has 5 N–H and O–H groups in total. The van der Waals surface area contributed by atoms with Crippen molar-refractivity contribution in [3.63, 3.8) is 0 Å². The molecule has 1 aromatic rings. The minimum Gasteiger partial charge on any atom is -0.401 e. The Bertz CT molecular complexity index is 539. The van der Waals surface area contributed by atoms with Crippen LogP contribution in [0.3, 0.4) is 0 Å². The van der Waals surface area contributed by atoms with E-state index in [1.54, 1.807) is 0 Å². The maximum atomic E-state index is 13.4. The molecule has 0 spiro atoms. The number of nitrogens with one attached hydrogen (secondary N) is 1. The van der Waals surface area contributed by atoms with Crippen molar-refractivity contribution in [3.05, 3.63) is 46.0 Å². The van der Waals surface area contributed by atoms with Gasteiger partial charge in [0.15, 0.2) is 0 Å². The number of allylic oxidation sites excluding steroid dienone is 1. The van der Waals surface area contributed by atoms with Gasteiger partial charge in [0.05, 0.1) is 0 Å². The van der Waals surface area contributed by atoms with Crippen LogP contribution in [0.5, 0.6) is 0 Å². The summed E-state index contributed by atoms with van der Waals surface area (Å²) >= 11 is 0.753. The smallest absolute Gasteiger partial charge is 0.261 e. The molecule has 0 aromatic heterocycles. The molecule has 0 unspecified atom stereocenters. The molecule has 1 aliphatic rings. The van der Waals surface area contributed by atoms with E-state index >= 15 is 0 Å². The molecule has 0 bridgehead atoms. The molecular formula is C15H21F2N3OS. The molecule has 7 heteroatoms. The molecule has 0 radical (unpaired) electrons. The first kappa shape index (κ1) is 18.4. The molecule has 22 heavy (non-hydrogen) atoms. The Balaban J connectivity index is 0.00000116. The van der Waals surface area contributed by atoms with Gasteiger partial charge in [-0.05, 0) is 42.8 Å². The predicted molar refractivity (Wildman–Crippen MR) is 85.3 cm³/mol. The fourth-order valence-corrected chi connectivity index (χ4v) is 2.26. The number of rotatable bonds is 5. The topological polar surface area (TPSA) is 81.1 Å². The SMILES string of the molecule is CC.NS/C(C(=O)NCc1c(F)cccc1F)=C(\N)C1CC1. The number of halogens is 2. The van der Waals surface area contributed by atoms with Gasteiger partial charge in [-0.3, -0.25) is 9.93 Å². The maximum absolute atomic E-state index is 13.4. The summed E-state index contributed by atoms with van der Waals surface area (Å²) in [4.78, 5) is 12.2. The number of carbonyl (C=O) groups is 1. The third kappa shape index (κ3) is 4.71. The van der Waals surface area contributed by atoms with Crippen LogP contribution < -0.4 is 16.2 Å². The number of benzene rings is 1. The lowest BCUT2D eigenvalue weighted by atomic mass is 10.2. The van der Waals surface area contributed by atoms with Crippen LogP contribution in [0, 0.1) is 17.6 Å². The molecule has 1 fully saturated rings. The van der Waals surface area contributed by atoms with E-state index in [-0.39, 0.29) is 22.9 Å². The molecule has 122 valence electrons. The summed E-state index contributed by atoms with van der Waals surface area (Å²) in [6.07, 6.45) is 1.87. The molecule has 0 aliphatic heterocycles. The van der Waals surface area contributed by atoms with Crippen molar-refractivity contribution in [2.24, 2.45) is 16.8 Å². The third-order valence-electron chi connectivity index (χ3n) is 3.09. The Kier molecular flexibility index (Phi) is 7.34. The van der Waals surface area contributed by atoms with E-state index in [2.05, 4.69) is 5.32 Å². The lowest BCUT2D eigenvalue weighted by molar-refractivity contribution is -0.117. The van der Waals surface area contributed by atoms with Gasteiger partial charge in [-0.1, -0.05) is 19.9 Å². The first-order valence-corrected chi connectivity index (χ1v) is 8.00. The minimum atomic E-state index is -0.702. The summed E-state index contributed by atoms with van der Waals surface area (Å²) < 4.78 is 26.8. The molecule has 1 aliphatic carbocycles. The van der Waals surface area contributed by atoms with Crippen molar-refractivity contribution >= 4 is 17.9 Å². The Hall–Kier alpha value is -1.60. The van der Waals surface area contributed by atoms with Crippen molar-refractivity contribution in [1.29, 1.82) is 0 Å². The Morgan fingerprint density at radius 2 is 1.86 bits per heavy atom. The maximum Gasteiger partial charge on any atom is 0.261 e. The highest BCUT2D eigenvalue weighted by Crippen LogP contribution is 2.36. The summed E-state index contributed by atoms with van der Waals surface area (Å²) in [5, 5.41) is 7.88. The van der Waals surface area contributed by atoms with Crippen LogP contribution in [-0.2, 0) is 11.3 Å². The molecular weight excluding hydrogens is 308 g/mol. The lowest BCUT2D eigenvalue weighted by Crippen LogP contribution is -2.27. The summed E-state index contributed by atoms with van der Waals surface area (Å²) in [5.74, 6) is -1.72. The Labute approximate surface area is 133 Å². The summed E-state index contributed by atoms with van der Waals surface area (Å²) in [5.41, 5.74) is 6.09. The standard InChI is InChI=1S/C13H15F2N3OS.C2H6/c14-9-2-1-3-10(15)8(9)6-18-13(19)12(20-17)11(16)7-4-5-7;1-2/h1-3,7H,4-6,16-17H2,(H,18,19);1-2H3/b12-11-;. The highest BCUT2D eigenvalue weighted by atomic mass is 32.2. The van der Waals surface area contributed by atoms with E-state index in [9.17, 15) is 13.6 Å². The number of hydrogen-bond acceptors (Lipinski definition) is 4. The van der Waals surface area contributed by atoms with Gasteiger partial charge in [-0.15, -0.1) is 0 Å². The molecule has 2 rings (SSSR count). The van der Waals surface area contributed by atoms with Crippen molar-refractivity contribution in [3.8, 4) is 0 Å². The second kappa shape index (κ2) is 8.75. The first-order valence-electron chi connectivity index (χ1n) is 7.12. The van der Waals surface area contributed by atoms with Crippen molar-refractivity contribution in [2.45, 2.75) is 33.2 Å². The third-order valence-corrected chi connectivity index (χ3v) is 3.75. The van der Waals surface area contributed by atoms with Gasteiger partial charge in [-0.2, -0.15) is 0 Å². The van der Waals surface area contributed by atoms with Crippen LogP contribution in [0.4, 0.5) is 8.78 Å². The van der Waals surface area contributed by atoms with Crippen LogP contribution in [0.15, 0.2) is 28.8 Å². The summed E-state index contributed by atoms with van der Waals surface area (Å²) in [6.45, 7) is 3.75. The minimum absolute atomic E-state index is 0.188. The van der Waals surface area contributed by atoms with Gasteiger partial charge < -0.3 is 11.1 Å². The second-order valence-electron chi connectivity index (χ2n) is 4.56. The van der Waals surface area contributed by atoms with Gasteiger partial charge in [0.1, 0.15) is 16.5 Å². The fraction of sp³-hybridized carbons (Fsp3) is 0.400. The van der Waals surface area contributed by atoms with Crippen LogP contribution in [0.25, 0.3) is 0 Å². The van der Waals surface area contributed by atoms with Crippen molar-refractivity contribution in [1.82, 2.24) is 5.32 Å². The molecule has 1 aromatic carbocycles. The molecule has 1 saturated carbocycles. The number of hydrogen-bond donors (Lipinski definition) is 3. The molecule has 4 nitrogen and oxygen atoms in total. The summed E-state index contributed by atoms with van der Waals surface area (Å²) in [6, 6.07) is 3.54. The van der Waals surface area contributed by atoms with Gasteiger partial charge >= 0.3 is 0 Å². The van der Waals surface area contributed by atoms with E-state index in [1.807, 2.05) is 13.8 Å². The quantitative estimate of drug-likeness (QED) is 0.573. The monoisotopic (exact) mass is 329 g/mol. The molecule has 0 heterocycles. The molecule has 0 atom stereocenters. The van der Waals surface area contributed by atoms with Crippen LogP contribution in [-0.4, -0.2) is 5.91 Å². The highest BCUT2D eigenvalue weighted by Gasteiger charge is 2.28. The zero-order chi connectivity index (χ0) is 16.7. The average molecular weight is 329 g/mol. The van der Waals surface area contributed by atoms with Crippen LogP contribution >= 0.6 is 11.9 Å². The first-order chi connectivity index (χ1) is 10.5. The molecule has 0 saturated heterocycles. The van der Waals surface area contributed by atoms with Crippen molar-refractivity contribution in [2.75, 3.05) is 0 Å². The van der Waals surface area contributed by atoms with Gasteiger partial charge in [0.25, 0.3) is 5.91 Å². The second-order valence-corrected chi connectivity index (χ2v) is 5.20. The highest BCUT2D eigenvalue weighted by molar-refractivity contribution is 8.01. The van der Waals surface area contributed by atoms with Crippen molar-refractivity contribution < 1.29 is 13.6 Å². The van der Waals surface area contributed by atoms with E-state index in [4.69, 9.17) is 10.9 Å². The Morgan fingerprint density at radius 3 is 2.32 bits per heavy atom. The lowest BCUT2D eigenvalue weighted by Gasteiger charge is -2.10. The fourth-order valence-electron chi connectivity index (χ4n) is 1.78. The van der Waals surface area contributed by atoms with Crippen LogP contribution in [0.1, 0.15) is 32.3 Å². The Morgan fingerprint density at radius 1 is 1.32 bits per heavy atom. The zero-order valence-corrected chi connectivity index (χ0v) is 13.5. The normalized spacial score (nSPS) is 14.6. The number of carbonyl (C=O) groups excluding carboxylic acids is 1. The zero-order valence-electron chi connectivity index (χ0n) is 12.7. The number of nitrogens with two attached hydrogens (primary N) is 2. The van der Waals surface area contributed by atoms with E-state index in [0.717, 1.165) is 36.9 Å². The number of amides is 1. The van der Waals surface area contributed by atoms with E-state index in [0.29, 0.717) is 5.70 Å². The van der Waals surface area contributed by atoms with E-state index in [1.165, 1.54) is 6.07 Å².